The van der Waals surface area contributed by atoms with Crippen LogP contribution in [0, 0.1) is 0 Å². The average molecular weight is 524 g/mol. The summed E-state index contributed by atoms with van der Waals surface area (Å²) in [5.41, 5.74) is 2.26. The average Bonchev–Trinajstić information content (AvgIpc) is 3.23. The smallest absolute Gasteiger partial charge is 0.335 e. The third-order valence-electron chi connectivity index (χ3n) is 6.20. The molecule has 3 aromatic carbocycles. The summed E-state index contributed by atoms with van der Waals surface area (Å²) in [6.45, 7) is 7.90. The molecule has 0 fully saturated rings. The molecule has 0 aliphatic heterocycles. The second-order valence-corrected chi connectivity index (χ2v) is 11.2. The third-order valence-corrected chi connectivity index (χ3v) is 8.45. The Balaban J connectivity index is 1.92. The number of aliphatic hydroxyl groups is 1. The number of nitrogens with zero attached hydrogens (tertiary/aromatic N) is 1. The summed E-state index contributed by atoms with van der Waals surface area (Å²) in [7, 11) is -4.16. The standard InChI is InChI=1S/C28H26ClNO5S/c1-4-26(19-10-8-18(9-11-19)17(2)3)36(34,35)30-24-13-12-23(29)15-22(24)16-25(30)27(31)20-6-5-7-21(14-20)28(32)33/h4-17,26-27,31H,1H2,2-3H3,(H,32,33). The first-order chi connectivity index (χ1) is 17.0. The first-order valence-electron chi connectivity index (χ1n) is 11.3. The van der Waals surface area contributed by atoms with Crippen LogP contribution in [0.5, 0.6) is 0 Å². The van der Waals surface area contributed by atoms with E-state index in [1.165, 1.54) is 24.3 Å². The van der Waals surface area contributed by atoms with Gasteiger partial charge in [0.1, 0.15) is 11.4 Å². The highest BCUT2D eigenvalue weighted by Gasteiger charge is 2.32. The van der Waals surface area contributed by atoms with Crippen molar-refractivity contribution in [3.8, 4) is 0 Å². The Kier molecular flexibility index (Phi) is 7.09. The first kappa shape index (κ1) is 25.7. The zero-order valence-electron chi connectivity index (χ0n) is 19.8. The summed E-state index contributed by atoms with van der Waals surface area (Å²) < 4.78 is 29.4. The number of hydrogen-bond donors (Lipinski definition) is 2. The Morgan fingerprint density at radius 3 is 2.25 bits per heavy atom. The Hall–Kier alpha value is -3.39. The minimum absolute atomic E-state index is 0.0191. The molecule has 6 nitrogen and oxygen atoms in total. The number of fused-ring (bicyclic) bond motifs is 1. The molecule has 2 atom stereocenters. The van der Waals surface area contributed by atoms with E-state index < -0.39 is 27.3 Å². The highest BCUT2D eigenvalue weighted by Crippen LogP contribution is 2.36. The van der Waals surface area contributed by atoms with Crippen LogP contribution in [0.3, 0.4) is 0 Å². The molecule has 0 radical (unpaired) electrons. The molecule has 4 rings (SSSR count). The summed E-state index contributed by atoms with van der Waals surface area (Å²) in [5, 5.41) is 20.5. The molecule has 1 aromatic heterocycles. The van der Waals surface area contributed by atoms with Crippen molar-refractivity contribution in [2.45, 2.75) is 31.1 Å². The van der Waals surface area contributed by atoms with Crippen LogP contribution in [0.2, 0.25) is 5.02 Å². The lowest BCUT2D eigenvalue weighted by atomic mass is 10.0. The maximum Gasteiger partial charge on any atom is 0.335 e. The topological polar surface area (TPSA) is 96.6 Å². The van der Waals surface area contributed by atoms with Gasteiger partial charge in [0.2, 0.25) is 10.0 Å². The van der Waals surface area contributed by atoms with Crippen LogP contribution in [-0.2, 0) is 10.0 Å². The molecule has 8 heteroatoms. The quantitative estimate of drug-likeness (QED) is 0.264. The molecule has 0 amide bonds. The van der Waals surface area contributed by atoms with Gasteiger partial charge < -0.3 is 10.2 Å². The number of hydrogen-bond acceptors (Lipinski definition) is 4. The Morgan fingerprint density at radius 1 is 0.972 bits per heavy atom. The predicted octanol–water partition coefficient (Wildman–Crippen LogP) is 6.30. The van der Waals surface area contributed by atoms with Gasteiger partial charge in [-0.05, 0) is 59.0 Å². The summed E-state index contributed by atoms with van der Waals surface area (Å²) in [6.07, 6.45) is -0.0538. The zero-order valence-corrected chi connectivity index (χ0v) is 21.4. The Bertz CT molecular complexity index is 1550. The minimum atomic E-state index is -4.16. The normalized spacial score (nSPS) is 13.6. The van der Waals surface area contributed by atoms with Crippen LogP contribution in [0.15, 0.2) is 85.5 Å². The molecule has 2 N–H and O–H groups in total. The number of carboxylic acids is 1. The van der Waals surface area contributed by atoms with Crippen molar-refractivity contribution in [2.24, 2.45) is 0 Å². The van der Waals surface area contributed by atoms with Gasteiger partial charge in [0.25, 0.3) is 0 Å². The van der Waals surface area contributed by atoms with E-state index in [0.29, 0.717) is 27.4 Å². The van der Waals surface area contributed by atoms with Gasteiger partial charge >= 0.3 is 5.97 Å². The number of rotatable bonds is 8. The van der Waals surface area contributed by atoms with Crippen molar-refractivity contribution >= 4 is 38.5 Å². The monoisotopic (exact) mass is 523 g/mol. The maximum atomic E-state index is 14.1. The molecule has 4 aromatic rings. The van der Waals surface area contributed by atoms with Crippen molar-refractivity contribution < 1.29 is 23.4 Å². The fourth-order valence-corrected chi connectivity index (χ4v) is 6.32. The van der Waals surface area contributed by atoms with Crippen molar-refractivity contribution in [2.75, 3.05) is 0 Å². The summed E-state index contributed by atoms with van der Waals surface area (Å²) >= 11 is 6.17. The minimum Gasteiger partial charge on any atom is -0.478 e. The summed E-state index contributed by atoms with van der Waals surface area (Å²) in [5.74, 6) is -0.861. The van der Waals surface area contributed by atoms with Gasteiger partial charge in [-0.2, -0.15) is 0 Å². The Morgan fingerprint density at radius 2 is 1.64 bits per heavy atom. The van der Waals surface area contributed by atoms with E-state index in [-0.39, 0.29) is 16.8 Å². The van der Waals surface area contributed by atoms with Crippen molar-refractivity contribution in [3.63, 3.8) is 0 Å². The van der Waals surface area contributed by atoms with E-state index in [2.05, 4.69) is 20.4 Å². The lowest BCUT2D eigenvalue weighted by molar-refractivity contribution is 0.0696. The first-order valence-corrected chi connectivity index (χ1v) is 13.2. The third kappa shape index (κ3) is 4.69. The highest BCUT2D eigenvalue weighted by molar-refractivity contribution is 7.90. The van der Waals surface area contributed by atoms with Gasteiger partial charge in [-0.15, -0.1) is 6.58 Å². The molecule has 0 saturated heterocycles. The second kappa shape index (κ2) is 9.93. The fourth-order valence-electron chi connectivity index (χ4n) is 4.28. The number of aliphatic hydroxyl groups excluding tert-OH is 1. The molecule has 0 aliphatic rings. The van der Waals surface area contributed by atoms with Crippen LogP contribution in [0.25, 0.3) is 10.9 Å². The van der Waals surface area contributed by atoms with E-state index in [4.69, 9.17) is 11.6 Å². The molecule has 186 valence electrons. The molecule has 0 bridgehead atoms. The molecule has 0 spiro atoms. The van der Waals surface area contributed by atoms with Gasteiger partial charge in [-0.3, -0.25) is 0 Å². The van der Waals surface area contributed by atoms with Crippen LogP contribution >= 0.6 is 11.6 Å². The van der Waals surface area contributed by atoms with Crippen LogP contribution in [-0.4, -0.2) is 28.6 Å². The van der Waals surface area contributed by atoms with E-state index >= 15 is 0 Å². The largest absolute Gasteiger partial charge is 0.478 e. The number of benzene rings is 3. The predicted molar refractivity (Wildman–Crippen MR) is 142 cm³/mol. The molecule has 36 heavy (non-hydrogen) atoms. The van der Waals surface area contributed by atoms with Gasteiger partial charge in [-0.25, -0.2) is 17.2 Å². The number of carbonyl (C=O) groups is 1. The number of carboxylic acid groups (broad SMARTS) is 1. The highest BCUT2D eigenvalue weighted by atomic mass is 35.5. The van der Waals surface area contributed by atoms with Gasteiger partial charge in [0.15, 0.2) is 0 Å². The van der Waals surface area contributed by atoms with Crippen LogP contribution in [0.1, 0.15) is 63.9 Å². The molecule has 0 aliphatic carbocycles. The SMILES string of the molecule is C=CC(c1ccc(C(C)C)cc1)S(=O)(=O)n1c(C(O)c2cccc(C(=O)O)c2)cc2cc(Cl)ccc21. The molecular weight excluding hydrogens is 498 g/mol. The Labute approximate surface area is 215 Å². The second-order valence-electron chi connectivity index (χ2n) is 8.89. The lowest BCUT2D eigenvalue weighted by Crippen LogP contribution is -2.23. The zero-order chi connectivity index (χ0) is 26.2. The molecule has 2 unspecified atom stereocenters. The number of aromatic carboxylic acids is 1. The summed E-state index contributed by atoms with van der Waals surface area (Å²) in [4.78, 5) is 11.5. The number of halogens is 1. The summed E-state index contributed by atoms with van der Waals surface area (Å²) in [6, 6.07) is 19.5. The molecular formula is C28H26ClNO5S. The van der Waals surface area contributed by atoms with Gasteiger partial charge in [0, 0.05) is 10.4 Å². The van der Waals surface area contributed by atoms with Crippen molar-refractivity contribution in [3.05, 3.63) is 118 Å². The molecule has 1 heterocycles. The van der Waals surface area contributed by atoms with E-state index in [9.17, 15) is 23.4 Å². The fraction of sp³-hybridized carbons (Fsp3) is 0.179. The maximum absolute atomic E-state index is 14.1. The van der Waals surface area contributed by atoms with Crippen LogP contribution < -0.4 is 0 Å². The van der Waals surface area contributed by atoms with E-state index in [0.717, 1.165) is 9.54 Å². The van der Waals surface area contributed by atoms with Crippen LogP contribution in [0.4, 0.5) is 0 Å². The number of aromatic nitrogens is 1. The van der Waals surface area contributed by atoms with E-state index in [1.54, 1.807) is 42.5 Å². The lowest BCUT2D eigenvalue weighted by Gasteiger charge is -2.21. The van der Waals surface area contributed by atoms with Crippen molar-refractivity contribution in [1.29, 1.82) is 0 Å². The van der Waals surface area contributed by atoms with Gasteiger partial charge in [0.05, 0.1) is 16.8 Å². The van der Waals surface area contributed by atoms with E-state index in [1.807, 2.05) is 12.1 Å². The van der Waals surface area contributed by atoms with Crippen molar-refractivity contribution in [1.82, 2.24) is 3.97 Å². The van der Waals surface area contributed by atoms with Gasteiger partial charge in [-0.1, -0.05) is 67.9 Å². The molecule has 0 saturated carbocycles.